The van der Waals surface area contributed by atoms with Gasteiger partial charge in [0.2, 0.25) is 5.43 Å². The van der Waals surface area contributed by atoms with Crippen LogP contribution >= 0.6 is 15.9 Å². The van der Waals surface area contributed by atoms with E-state index in [2.05, 4.69) is 21.2 Å². The summed E-state index contributed by atoms with van der Waals surface area (Å²) in [6.07, 6.45) is 4.55. The Morgan fingerprint density at radius 2 is 2.24 bits per heavy atom. The van der Waals surface area contributed by atoms with Crippen molar-refractivity contribution in [1.82, 2.24) is 4.57 Å². The summed E-state index contributed by atoms with van der Waals surface area (Å²) >= 11 is 3.13. The SMILES string of the molecule is Cn1cc(Br)c(=O)c(NC(=O)c2ccco2)c1. The van der Waals surface area contributed by atoms with Gasteiger partial charge >= 0.3 is 0 Å². The van der Waals surface area contributed by atoms with Crippen LogP contribution in [0.15, 0.2) is 44.5 Å². The zero-order chi connectivity index (χ0) is 12.4. The van der Waals surface area contributed by atoms with Crippen molar-refractivity contribution in [2.24, 2.45) is 7.05 Å². The van der Waals surface area contributed by atoms with E-state index in [4.69, 9.17) is 4.42 Å². The van der Waals surface area contributed by atoms with Crippen molar-refractivity contribution >= 4 is 27.5 Å². The van der Waals surface area contributed by atoms with Crippen molar-refractivity contribution in [3.8, 4) is 0 Å². The third-order valence-electron chi connectivity index (χ3n) is 2.10. The van der Waals surface area contributed by atoms with E-state index in [9.17, 15) is 9.59 Å². The number of aryl methyl sites for hydroxylation is 1. The van der Waals surface area contributed by atoms with Gasteiger partial charge in [0.15, 0.2) is 5.76 Å². The van der Waals surface area contributed by atoms with Crippen LogP contribution in [0.4, 0.5) is 5.69 Å². The van der Waals surface area contributed by atoms with Gasteiger partial charge in [0, 0.05) is 19.4 Å². The highest BCUT2D eigenvalue weighted by molar-refractivity contribution is 9.10. The Morgan fingerprint density at radius 1 is 1.47 bits per heavy atom. The molecule has 1 N–H and O–H groups in total. The molecule has 2 rings (SSSR count). The predicted molar refractivity (Wildman–Crippen MR) is 66.0 cm³/mol. The number of hydrogen-bond donors (Lipinski definition) is 1. The first kappa shape index (κ1) is 11.7. The molecule has 5 nitrogen and oxygen atoms in total. The smallest absolute Gasteiger partial charge is 0.291 e. The molecule has 0 saturated heterocycles. The highest BCUT2D eigenvalue weighted by atomic mass is 79.9. The lowest BCUT2D eigenvalue weighted by Gasteiger charge is -2.05. The van der Waals surface area contributed by atoms with E-state index < -0.39 is 5.91 Å². The van der Waals surface area contributed by atoms with E-state index in [-0.39, 0.29) is 16.9 Å². The number of hydrogen-bond acceptors (Lipinski definition) is 3. The number of halogens is 1. The Labute approximate surface area is 105 Å². The zero-order valence-electron chi connectivity index (χ0n) is 8.94. The Morgan fingerprint density at radius 3 is 2.88 bits per heavy atom. The Hall–Kier alpha value is -1.82. The monoisotopic (exact) mass is 296 g/mol. The number of carbonyl (C=O) groups excluding carboxylic acids is 1. The van der Waals surface area contributed by atoms with Crippen LogP contribution in [0, 0.1) is 0 Å². The molecule has 0 unspecified atom stereocenters. The lowest BCUT2D eigenvalue weighted by Crippen LogP contribution is -2.19. The van der Waals surface area contributed by atoms with Crippen LogP contribution in [0.25, 0.3) is 0 Å². The fourth-order valence-corrected chi connectivity index (χ4v) is 1.88. The van der Waals surface area contributed by atoms with Crippen LogP contribution in [-0.4, -0.2) is 10.5 Å². The first-order valence-electron chi connectivity index (χ1n) is 4.78. The van der Waals surface area contributed by atoms with Gasteiger partial charge in [0.05, 0.1) is 10.7 Å². The Kier molecular flexibility index (Phi) is 3.14. The van der Waals surface area contributed by atoms with E-state index >= 15 is 0 Å². The number of amides is 1. The molecule has 0 atom stereocenters. The third-order valence-corrected chi connectivity index (χ3v) is 2.67. The van der Waals surface area contributed by atoms with Gasteiger partial charge in [-0.15, -0.1) is 0 Å². The molecule has 2 aromatic heterocycles. The zero-order valence-corrected chi connectivity index (χ0v) is 10.5. The van der Waals surface area contributed by atoms with Crippen molar-refractivity contribution in [2.45, 2.75) is 0 Å². The fourth-order valence-electron chi connectivity index (χ4n) is 1.35. The lowest BCUT2D eigenvalue weighted by atomic mass is 10.3. The highest BCUT2D eigenvalue weighted by Crippen LogP contribution is 2.09. The predicted octanol–water partition coefficient (Wildman–Crippen LogP) is 1.99. The normalized spacial score (nSPS) is 10.2. The second kappa shape index (κ2) is 4.58. The summed E-state index contributed by atoms with van der Waals surface area (Å²) in [7, 11) is 1.76. The molecule has 0 aliphatic carbocycles. The third kappa shape index (κ3) is 2.47. The van der Waals surface area contributed by atoms with E-state index in [1.807, 2.05) is 0 Å². The maximum Gasteiger partial charge on any atom is 0.291 e. The van der Waals surface area contributed by atoms with E-state index in [1.165, 1.54) is 18.5 Å². The highest BCUT2D eigenvalue weighted by Gasteiger charge is 2.12. The second-order valence-corrected chi connectivity index (χ2v) is 4.30. The number of nitrogens with one attached hydrogen (secondary N) is 1. The van der Waals surface area contributed by atoms with Crippen molar-refractivity contribution in [2.75, 3.05) is 5.32 Å². The number of nitrogens with zero attached hydrogens (tertiary/aromatic N) is 1. The fraction of sp³-hybridized carbons (Fsp3) is 0.0909. The first-order valence-corrected chi connectivity index (χ1v) is 5.58. The van der Waals surface area contributed by atoms with Crippen molar-refractivity contribution in [3.63, 3.8) is 0 Å². The summed E-state index contributed by atoms with van der Waals surface area (Å²) in [6.45, 7) is 0. The van der Waals surface area contributed by atoms with Crippen LogP contribution in [-0.2, 0) is 7.05 Å². The van der Waals surface area contributed by atoms with Gasteiger partial charge in [-0.05, 0) is 28.1 Å². The summed E-state index contributed by atoms with van der Waals surface area (Å²) in [5, 5.41) is 2.50. The first-order chi connectivity index (χ1) is 8.08. The quantitative estimate of drug-likeness (QED) is 0.922. The van der Waals surface area contributed by atoms with Gasteiger partial charge in [-0.3, -0.25) is 9.59 Å². The molecule has 88 valence electrons. The minimum atomic E-state index is -0.454. The van der Waals surface area contributed by atoms with Crippen LogP contribution in [0.3, 0.4) is 0 Å². The molecule has 17 heavy (non-hydrogen) atoms. The van der Waals surface area contributed by atoms with Crippen LogP contribution in [0.5, 0.6) is 0 Å². The average Bonchev–Trinajstić information content (AvgIpc) is 2.78. The minimum absolute atomic E-state index is 0.159. The number of pyridine rings is 1. The van der Waals surface area contributed by atoms with Gasteiger partial charge in [-0.2, -0.15) is 0 Å². The van der Waals surface area contributed by atoms with E-state index in [1.54, 1.807) is 23.9 Å². The van der Waals surface area contributed by atoms with E-state index in [0.717, 1.165) is 0 Å². The van der Waals surface area contributed by atoms with Gasteiger partial charge < -0.3 is 14.3 Å². The summed E-state index contributed by atoms with van der Waals surface area (Å²) in [6, 6.07) is 3.13. The molecule has 0 radical (unpaired) electrons. The molecule has 0 bridgehead atoms. The molecule has 2 heterocycles. The minimum Gasteiger partial charge on any atom is -0.459 e. The summed E-state index contributed by atoms with van der Waals surface area (Å²) in [5.41, 5.74) is -0.0775. The van der Waals surface area contributed by atoms with Crippen LogP contribution in [0.1, 0.15) is 10.6 Å². The molecule has 0 fully saturated rings. The van der Waals surface area contributed by atoms with Gasteiger partial charge in [-0.1, -0.05) is 0 Å². The number of furan rings is 1. The molecule has 6 heteroatoms. The maximum atomic E-state index is 11.7. The van der Waals surface area contributed by atoms with E-state index in [0.29, 0.717) is 4.47 Å². The standard InChI is InChI=1S/C11H9BrN2O3/c1-14-5-7(12)10(15)8(6-14)13-11(16)9-3-2-4-17-9/h2-6H,1H3,(H,13,16). The number of carbonyl (C=O) groups is 1. The van der Waals surface area contributed by atoms with Gasteiger partial charge in [-0.25, -0.2) is 0 Å². The largest absolute Gasteiger partial charge is 0.459 e. The molecule has 1 amide bonds. The average molecular weight is 297 g/mol. The summed E-state index contributed by atoms with van der Waals surface area (Å²) in [4.78, 5) is 23.4. The Balaban J connectivity index is 2.31. The van der Waals surface area contributed by atoms with Gasteiger partial charge in [0.1, 0.15) is 5.69 Å². The topological polar surface area (TPSA) is 64.2 Å². The summed E-state index contributed by atoms with van der Waals surface area (Å²) < 4.78 is 6.99. The molecular weight excluding hydrogens is 288 g/mol. The van der Waals surface area contributed by atoms with Crippen LogP contribution < -0.4 is 10.7 Å². The molecule has 0 aliphatic heterocycles. The lowest BCUT2D eigenvalue weighted by molar-refractivity contribution is 0.0996. The summed E-state index contributed by atoms with van der Waals surface area (Å²) in [5.74, 6) is -0.294. The maximum absolute atomic E-state index is 11.7. The van der Waals surface area contributed by atoms with Gasteiger partial charge in [0.25, 0.3) is 5.91 Å². The molecule has 2 aromatic rings. The van der Waals surface area contributed by atoms with Crippen LogP contribution in [0.2, 0.25) is 0 Å². The molecular formula is C11H9BrN2O3. The number of rotatable bonds is 2. The Bertz CT molecular complexity index is 602. The van der Waals surface area contributed by atoms with Crippen molar-refractivity contribution in [1.29, 1.82) is 0 Å². The second-order valence-electron chi connectivity index (χ2n) is 3.45. The number of anilines is 1. The number of aromatic nitrogens is 1. The molecule has 0 saturated carbocycles. The molecule has 0 aromatic carbocycles. The molecule has 0 aliphatic rings. The van der Waals surface area contributed by atoms with Crippen molar-refractivity contribution in [3.05, 3.63) is 51.2 Å². The van der Waals surface area contributed by atoms with Crippen molar-refractivity contribution < 1.29 is 9.21 Å². The molecule has 0 spiro atoms.